The minimum absolute atomic E-state index is 0.309. The van der Waals surface area contributed by atoms with E-state index in [9.17, 15) is 0 Å². The van der Waals surface area contributed by atoms with Crippen molar-refractivity contribution >= 4 is 15.9 Å². The highest BCUT2D eigenvalue weighted by molar-refractivity contribution is 9.10. The van der Waals surface area contributed by atoms with Crippen molar-refractivity contribution in [3.05, 3.63) is 63.9 Å². The molecule has 2 atom stereocenters. The molecule has 0 radical (unpaired) electrons. The number of hydrogen-bond donors (Lipinski definition) is 1. The highest BCUT2D eigenvalue weighted by Gasteiger charge is 2.23. The van der Waals surface area contributed by atoms with Gasteiger partial charge in [0.05, 0.1) is 11.7 Å². The van der Waals surface area contributed by atoms with E-state index in [4.69, 9.17) is 0 Å². The zero-order valence-corrected chi connectivity index (χ0v) is 13.2. The summed E-state index contributed by atoms with van der Waals surface area (Å²) in [5.74, 6) is 0. The van der Waals surface area contributed by atoms with Gasteiger partial charge in [-0.05, 0) is 49.4 Å². The summed E-state index contributed by atoms with van der Waals surface area (Å²) in [6.07, 6.45) is 5.46. The van der Waals surface area contributed by atoms with Crippen LogP contribution < -0.4 is 5.32 Å². The van der Waals surface area contributed by atoms with Crippen LogP contribution >= 0.6 is 15.9 Å². The van der Waals surface area contributed by atoms with Gasteiger partial charge < -0.3 is 5.32 Å². The topological polar surface area (TPSA) is 24.9 Å². The Balaban J connectivity index is 1.81. The van der Waals surface area contributed by atoms with Crippen LogP contribution in [0.2, 0.25) is 0 Å². The molecular weight excluding hydrogens is 312 g/mol. The molecular formula is C17H19BrN2. The predicted molar refractivity (Wildman–Crippen MR) is 85.6 cm³/mol. The second-order valence-electron chi connectivity index (χ2n) is 5.40. The van der Waals surface area contributed by atoms with E-state index < -0.39 is 0 Å². The van der Waals surface area contributed by atoms with Gasteiger partial charge in [-0.25, -0.2) is 0 Å². The van der Waals surface area contributed by atoms with Crippen LogP contribution in [0.4, 0.5) is 0 Å². The second-order valence-corrected chi connectivity index (χ2v) is 6.26. The van der Waals surface area contributed by atoms with Crippen LogP contribution in [0.15, 0.2) is 47.1 Å². The smallest absolute Gasteiger partial charge is 0.0605 e. The van der Waals surface area contributed by atoms with Gasteiger partial charge in [-0.15, -0.1) is 0 Å². The van der Waals surface area contributed by atoms with Gasteiger partial charge >= 0.3 is 0 Å². The van der Waals surface area contributed by atoms with Crippen molar-refractivity contribution in [3.63, 3.8) is 0 Å². The Kier molecular flexibility index (Phi) is 4.18. The van der Waals surface area contributed by atoms with Crippen molar-refractivity contribution in [2.45, 2.75) is 38.3 Å². The Hall–Kier alpha value is -1.19. The number of rotatable bonds is 3. The first kappa shape index (κ1) is 13.8. The van der Waals surface area contributed by atoms with Gasteiger partial charge in [-0.2, -0.15) is 0 Å². The Morgan fingerprint density at radius 3 is 2.95 bits per heavy atom. The lowest BCUT2D eigenvalue weighted by Gasteiger charge is -2.28. The lowest BCUT2D eigenvalue weighted by atomic mass is 9.91. The van der Waals surface area contributed by atoms with E-state index in [0.717, 1.165) is 10.9 Å². The minimum Gasteiger partial charge on any atom is -0.302 e. The van der Waals surface area contributed by atoms with Crippen LogP contribution in [-0.2, 0) is 6.42 Å². The molecule has 1 aromatic carbocycles. The zero-order chi connectivity index (χ0) is 13.9. The minimum atomic E-state index is 0.309. The molecule has 0 saturated carbocycles. The summed E-state index contributed by atoms with van der Waals surface area (Å²) in [4.78, 5) is 4.60. The summed E-state index contributed by atoms with van der Waals surface area (Å²) in [7, 11) is 0. The number of halogens is 1. The van der Waals surface area contributed by atoms with Gasteiger partial charge in [0.1, 0.15) is 0 Å². The molecule has 1 aliphatic carbocycles. The third-order valence-electron chi connectivity index (χ3n) is 4.02. The summed E-state index contributed by atoms with van der Waals surface area (Å²) >= 11 is 3.64. The lowest BCUT2D eigenvalue weighted by molar-refractivity contribution is 0.406. The fourth-order valence-electron chi connectivity index (χ4n) is 2.99. The van der Waals surface area contributed by atoms with Gasteiger partial charge in [0.2, 0.25) is 0 Å². The fraction of sp³-hybridized carbons (Fsp3) is 0.353. The van der Waals surface area contributed by atoms with E-state index in [1.165, 1.54) is 29.7 Å². The van der Waals surface area contributed by atoms with Gasteiger partial charge in [0.15, 0.2) is 0 Å². The molecule has 2 aromatic rings. The molecule has 2 nitrogen and oxygen atoms in total. The third-order valence-corrected chi connectivity index (χ3v) is 4.74. The number of benzene rings is 1. The van der Waals surface area contributed by atoms with Crippen LogP contribution in [0.25, 0.3) is 0 Å². The molecule has 104 valence electrons. The molecule has 0 aliphatic heterocycles. The fourth-order valence-corrected chi connectivity index (χ4v) is 3.62. The quantitative estimate of drug-likeness (QED) is 0.891. The van der Waals surface area contributed by atoms with Crippen molar-refractivity contribution < 1.29 is 0 Å². The molecule has 1 aromatic heterocycles. The first-order valence-electron chi connectivity index (χ1n) is 7.20. The van der Waals surface area contributed by atoms with E-state index in [1.54, 1.807) is 0 Å². The van der Waals surface area contributed by atoms with Crippen molar-refractivity contribution in [1.29, 1.82) is 0 Å². The normalized spacial score (nSPS) is 19.4. The predicted octanol–water partition coefficient (Wildman–Crippen LogP) is 4.57. The van der Waals surface area contributed by atoms with Crippen molar-refractivity contribution in [1.82, 2.24) is 10.3 Å². The molecule has 1 aliphatic rings. The largest absolute Gasteiger partial charge is 0.302 e. The number of pyridine rings is 1. The monoisotopic (exact) mass is 330 g/mol. The van der Waals surface area contributed by atoms with Gasteiger partial charge in [0.25, 0.3) is 0 Å². The van der Waals surface area contributed by atoms with Crippen LogP contribution in [0.3, 0.4) is 0 Å². The molecule has 1 heterocycles. The molecule has 20 heavy (non-hydrogen) atoms. The Morgan fingerprint density at radius 2 is 2.10 bits per heavy atom. The van der Waals surface area contributed by atoms with Gasteiger partial charge in [0, 0.05) is 16.7 Å². The second kappa shape index (κ2) is 6.06. The van der Waals surface area contributed by atoms with Crippen LogP contribution in [-0.4, -0.2) is 4.98 Å². The molecule has 0 saturated heterocycles. The summed E-state index contributed by atoms with van der Waals surface area (Å²) in [5.41, 5.74) is 3.93. The Morgan fingerprint density at radius 1 is 1.25 bits per heavy atom. The number of nitrogens with one attached hydrogen (secondary N) is 1. The van der Waals surface area contributed by atoms with Gasteiger partial charge in [-0.1, -0.05) is 40.2 Å². The lowest BCUT2D eigenvalue weighted by Crippen LogP contribution is -2.28. The van der Waals surface area contributed by atoms with E-state index >= 15 is 0 Å². The molecule has 0 amide bonds. The maximum atomic E-state index is 4.60. The first-order valence-corrected chi connectivity index (χ1v) is 7.99. The summed E-state index contributed by atoms with van der Waals surface area (Å²) < 4.78 is 1.16. The Bertz CT molecular complexity index is 597. The van der Waals surface area contributed by atoms with Crippen LogP contribution in [0.5, 0.6) is 0 Å². The summed E-state index contributed by atoms with van der Waals surface area (Å²) in [6, 6.07) is 13.3. The van der Waals surface area contributed by atoms with E-state index in [-0.39, 0.29) is 0 Å². The van der Waals surface area contributed by atoms with E-state index in [1.807, 2.05) is 12.3 Å². The highest BCUT2D eigenvalue weighted by atomic mass is 79.9. The average Bonchev–Trinajstić information content (AvgIpc) is 2.48. The van der Waals surface area contributed by atoms with Crippen LogP contribution in [0, 0.1) is 0 Å². The molecule has 0 fully saturated rings. The van der Waals surface area contributed by atoms with Gasteiger partial charge in [-0.3, -0.25) is 4.98 Å². The molecule has 1 unspecified atom stereocenters. The van der Waals surface area contributed by atoms with Crippen molar-refractivity contribution in [3.8, 4) is 0 Å². The van der Waals surface area contributed by atoms with Crippen molar-refractivity contribution in [2.24, 2.45) is 0 Å². The molecule has 1 N–H and O–H groups in total. The number of nitrogens with zero attached hydrogens (tertiary/aromatic N) is 1. The average molecular weight is 331 g/mol. The van der Waals surface area contributed by atoms with Crippen LogP contribution in [0.1, 0.15) is 48.7 Å². The maximum absolute atomic E-state index is 4.60. The highest BCUT2D eigenvalue weighted by Crippen LogP contribution is 2.31. The molecule has 0 bridgehead atoms. The molecule has 3 rings (SSSR count). The number of aryl methyl sites for hydroxylation is 1. The Labute approximate surface area is 128 Å². The molecule has 3 heteroatoms. The maximum Gasteiger partial charge on any atom is 0.0605 e. The first-order chi connectivity index (χ1) is 9.75. The van der Waals surface area contributed by atoms with E-state index in [0.29, 0.717) is 12.1 Å². The number of fused-ring (bicyclic) bond motifs is 1. The number of hydrogen-bond acceptors (Lipinski definition) is 2. The summed E-state index contributed by atoms with van der Waals surface area (Å²) in [5, 5.41) is 3.74. The summed E-state index contributed by atoms with van der Waals surface area (Å²) in [6.45, 7) is 2.22. The number of aromatic nitrogens is 1. The SMILES string of the molecule is C[C@H](NC1CCCc2cccnc21)c1ccccc1Br. The molecule has 0 spiro atoms. The standard InChI is InChI=1S/C17H19BrN2/c1-12(14-8-2-3-9-15(14)18)20-16-10-4-6-13-7-5-11-19-17(13)16/h2-3,5,7-9,11-12,16,20H,4,6,10H2,1H3/t12-,16?/m0/s1. The zero-order valence-electron chi connectivity index (χ0n) is 11.6. The van der Waals surface area contributed by atoms with Crippen molar-refractivity contribution in [2.75, 3.05) is 0 Å². The van der Waals surface area contributed by atoms with E-state index in [2.05, 4.69) is 63.5 Å². The third kappa shape index (κ3) is 2.79.